The van der Waals surface area contributed by atoms with Gasteiger partial charge in [0.2, 0.25) is 5.95 Å². The Morgan fingerprint density at radius 2 is 2.29 bits per heavy atom. The summed E-state index contributed by atoms with van der Waals surface area (Å²) in [6.07, 6.45) is 2.23. The lowest BCUT2D eigenvalue weighted by Gasteiger charge is -2.30. The average molecular weight is 194 g/mol. The first-order chi connectivity index (χ1) is 7.58. The Morgan fingerprint density at radius 3 is 2.93 bits per heavy atom. The summed E-state index contributed by atoms with van der Waals surface area (Å²) in [4.78, 5) is 10.1. The van der Waals surface area contributed by atoms with Crippen molar-refractivity contribution >= 4 is 11.6 Å². The fraction of sp³-hybridized carbons (Fsp3) is 0.600. The second kappa shape index (κ2) is 3.82. The van der Waals surface area contributed by atoms with E-state index in [4.69, 9.17) is 8.48 Å². The van der Waals surface area contributed by atoms with Gasteiger partial charge in [0.15, 0.2) is 0 Å². The second-order valence-corrected chi connectivity index (χ2v) is 3.85. The lowest BCUT2D eigenvalue weighted by Crippen LogP contribution is -2.35. The van der Waals surface area contributed by atoms with Crippen molar-refractivity contribution in [2.24, 2.45) is 5.92 Å². The molecule has 2 rings (SSSR count). The third kappa shape index (κ3) is 1.95. The molecule has 2 heterocycles. The summed E-state index contributed by atoms with van der Waals surface area (Å²) in [5.41, 5.74) is 5.54. The van der Waals surface area contributed by atoms with Crippen LogP contribution >= 0.6 is 0 Å². The minimum Gasteiger partial charge on any atom is -0.396 e. The van der Waals surface area contributed by atoms with Gasteiger partial charge in [-0.2, -0.15) is 0 Å². The Labute approximate surface area is 87.0 Å². The average Bonchev–Trinajstić information content (AvgIpc) is 2.25. The van der Waals surface area contributed by atoms with E-state index in [0.717, 1.165) is 19.5 Å². The molecule has 14 heavy (non-hydrogen) atoms. The summed E-state index contributed by atoms with van der Waals surface area (Å²) in [5, 5.41) is 0. The summed E-state index contributed by atoms with van der Waals surface area (Å²) in [5.74, 6) is 1.08. The van der Waals surface area contributed by atoms with Crippen LogP contribution in [-0.2, 0) is 0 Å². The van der Waals surface area contributed by atoms with Crippen LogP contribution in [0.5, 0.6) is 0 Å². The molecule has 2 N–H and O–H groups in total. The van der Waals surface area contributed by atoms with E-state index in [0.29, 0.717) is 11.9 Å². The topological polar surface area (TPSA) is 55.0 Å². The highest BCUT2D eigenvalue weighted by atomic mass is 15.2. The number of rotatable bonds is 1. The number of hydrogen-bond donors (Lipinski definition) is 1. The summed E-state index contributed by atoms with van der Waals surface area (Å²) < 4.78 is 15.1. The number of nitrogens with two attached hydrogens (primary N) is 1. The first-order valence-corrected chi connectivity index (χ1v) is 4.93. The molecule has 0 bridgehead atoms. The molecule has 1 saturated heterocycles. The number of nitrogens with zero attached hydrogens (tertiary/aromatic N) is 3. The zero-order valence-corrected chi connectivity index (χ0v) is 8.32. The Kier molecular flexibility index (Phi) is 1.92. The Balaban J connectivity index is 2.26. The van der Waals surface area contributed by atoms with Crippen molar-refractivity contribution in [3.05, 3.63) is 12.3 Å². The predicted molar refractivity (Wildman–Crippen MR) is 57.1 cm³/mol. The fourth-order valence-electron chi connectivity index (χ4n) is 1.78. The van der Waals surface area contributed by atoms with Gasteiger partial charge < -0.3 is 10.6 Å². The highest BCUT2D eigenvalue weighted by Gasteiger charge is 2.17. The minimum atomic E-state index is -0.0479. The van der Waals surface area contributed by atoms with Crippen LogP contribution in [0, 0.1) is 5.92 Å². The zero-order chi connectivity index (χ0) is 11.7. The Bertz CT molecular complexity index is 373. The third-order valence-corrected chi connectivity index (χ3v) is 2.49. The molecule has 1 unspecified atom stereocenters. The van der Waals surface area contributed by atoms with E-state index < -0.39 is 0 Å². The molecular formula is C10H16N4. The van der Waals surface area contributed by atoms with Crippen molar-refractivity contribution in [3.8, 4) is 0 Å². The first-order valence-electron chi connectivity index (χ1n) is 5.93. The molecule has 4 heteroatoms. The van der Waals surface area contributed by atoms with Crippen molar-refractivity contribution in [1.82, 2.24) is 9.97 Å². The van der Waals surface area contributed by atoms with Gasteiger partial charge in [-0.15, -0.1) is 0 Å². The normalized spacial score (nSPS) is 24.4. The van der Waals surface area contributed by atoms with E-state index in [1.807, 2.05) is 4.90 Å². The first kappa shape index (κ1) is 7.04. The Hall–Kier alpha value is -1.32. The number of aromatic nitrogens is 2. The van der Waals surface area contributed by atoms with Crippen molar-refractivity contribution in [1.29, 1.82) is 0 Å². The molecule has 1 aromatic rings. The third-order valence-electron chi connectivity index (χ3n) is 2.49. The molecule has 1 aliphatic rings. The van der Waals surface area contributed by atoms with Gasteiger partial charge in [-0.3, -0.25) is 0 Å². The van der Waals surface area contributed by atoms with E-state index in [-0.39, 0.29) is 18.0 Å². The molecule has 0 amide bonds. The SMILES string of the molecule is [2H]c1nc(N2CCCC(C)C2)nc([2H])c1N. The largest absolute Gasteiger partial charge is 0.396 e. The van der Waals surface area contributed by atoms with E-state index in [9.17, 15) is 0 Å². The van der Waals surface area contributed by atoms with Crippen LogP contribution in [0.15, 0.2) is 12.3 Å². The van der Waals surface area contributed by atoms with Gasteiger partial charge in [0, 0.05) is 13.1 Å². The van der Waals surface area contributed by atoms with Gasteiger partial charge in [0.05, 0.1) is 20.8 Å². The molecule has 1 atom stereocenters. The van der Waals surface area contributed by atoms with Crippen molar-refractivity contribution < 1.29 is 2.74 Å². The molecule has 1 aromatic heterocycles. The summed E-state index contributed by atoms with van der Waals surface area (Å²) in [7, 11) is 0. The fourth-order valence-corrected chi connectivity index (χ4v) is 1.78. The minimum absolute atomic E-state index is 0.0479. The molecule has 0 saturated carbocycles. The van der Waals surface area contributed by atoms with Crippen LogP contribution in [0.1, 0.15) is 22.5 Å². The van der Waals surface area contributed by atoms with Gasteiger partial charge in [0.1, 0.15) is 0 Å². The molecule has 76 valence electrons. The molecule has 4 nitrogen and oxygen atoms in total. The summed E-state index contributed by atoms with van der Waals surface area (Å²) >= 11 is 0. The van der Waals surface area contributed by atoms with Crippen molar-refractivity contribution in [2.75, 3.05) is 23.7 Å². The molecule has 0 radical (unpaired) electrons. The van der Waals surface area contributed by atoms with Gasteiger partial charge in [0.25, 0.3) is 0 Å². The summed E-state index contributed by atoms with van der Waals surface area (Å²) in [6, 6.07) is 0. The van der Waals surface area contributed by atoms with Gasteiger partial charge >= 0.3 is 0 Å². The number of nitrogen functional groups attached to an aromatic ring is 1. The monoisotopic (exact) mass is 194 g/mol. The second-order valence-electron chi connectivity index (χ2n) is 3.85. The smallest absolute Gasteiger partial charge is 0.225 e. The highest BCUT2D eigenvalue weighted by Crippen LogP contribution is 2.19. The quantitative estimate of drug-likeness (QED) is 0.732. The van der Waals surface area contributed by atoms with Crippen LogP contribution in [0.25, 0.3) is 0 Å². The maximum Gasteiger partial charge on any atom is 0.225 e. The molecular weight excluding hydrogens is 176 g/mol. The molecule has 0 aliphatic carbocycles. The summed E-state index contributed by atoms with van der Waals surface area (Å²) in [6.45, 7) is 3.97. The van der Waals surface area contributed by atoms with E-state index >= 15 is 0 Å². The van der Waals surface area contributed by atoms with E-state index in [1.165, 1.54) is 6.42 Å². The van der Waals surface area contributed by atoms with Crippen LogP contribution in [0.2, 0.25) is 0 Å². The molecule has 0 aromatic carbocycles. The van der Waals surface area contributed by atoms with Crippen LogP contribution in [-0.4, -0.2) is 23.1 Å². The van der Waals surface area contributed by atoms with Gasteiger partial charge in [-0.1, -0.05) is 6.92 Å². The number of hydrogen-bond acceptors (Lipinski definition) is 4. The molecule has 1 aliphatic heterocycles. The van der Waals surface area contributed by atoms with Gasteiger partial charge in [-0.05, 0) is 18.8 Å². The standard InChI is InChI=1S/C10H16N4/c1-8-3-2-4-14(7-8)10-12-5-9(11)6-13-10/h5-6,8H,2-4,7,11H2,1H3/i5D,6D. The van der Waals surface area contributed by atoms with Crippen LogP contribution < -0.4 is 10.6 Å². The van der Waals surface area contributed by atoms with Crippen molar-refractivity contribution in [2.45, 2.75) is 19.8 Å². The molecule has 0 spiro atoms. The maximum atomic E-state index is 7.55. The maximum absolute atomic E-state index is 7.55. The van der Waals surface area contributed by atoms with Crippen molar-refractivity contribution in [3.63, 3.8) is 0 Å². The van der Waals surface area contributed by atoms with Gasteiger partial charge in [-0.25, -0.2) is 9.97 Å². The van der Waals surface area contributed by atoms with Crippen LogP contribution in [0.3, 0.4) is 0 Å². The Morgan fingerprint density at radius 1 is 1.57 bits per heavy atom. The number of piperidine rings is 1. The molecule has 1 fully saturated rings. The predicted octanol–water partition coefficient (Wildman–Crippen LogP) is 1.30. The highest BCUT2D eigenvalue weighted by molar-refractivity contribution is 5.38. The van der Waals surface area contributed by atoms with Crippen LogP contribution in [0.4, 0.5) is 11.6 Å². The van der Waals surface area contributed by atoms with E-state index in [1.54, 1.807) is 0 Å². The number of anilines is 2. The zero-order valence-electron chi connectivity index (χ0n) is 10.3. The van der Waals surface area contributed by atoms with E-state index in [2.05, 4.69) is 16.9 Å². The lowest BCUT2D eigenvalue weighted by molar-refractivity contribution is 0.442. The lowest BCUT2D eigenvalue weighted by atomic mass is 10.0.